The summed E-state index contributed by atoms with van der Waals surface area (Å²) in [5.74, 6) is -2.11. The Morgan fingerprint density at radius 3 is 2.11 bits per heavy atom. The molecule has 0 saturated heterocycles. The number of nitrogens with one attached hydrogen (secondary N) is 5. The van der Waals surface area contributed by atoms with Crippen LogP contribution in [0.1, 0.15) is 65.4 Å². The number of primary amides is 1. The SMILES string of the molecule is CC(C)[C@@H](NC(=O)CCCCNC(=O)CI)C(=O)N[C@H](CCCNC(N)=O)C(=O)Nc1ccc(COC(=O)C(C)(C)S)cc1. The number of hydrogen-bond donors (Lipinski definition) is 7. The Labute approximate surface area is 277 Å². The molecule has 44 heavy (non-hydrogen) atoms. The van der Waals surface area contributed by atoms with Crippen molar-refractivity contribution in [2.75, 3.05) is 22.8 Å². The maximum Gasteiger partial charge on any atom is 0.321 e. The molecule has 246 valence electrons. The Hall–Kier alpha value is -3.08. The van der Waals surface area contributed by atoms with Crippen LogP contribution >= 0.6 is 35.2 Å². The second kappa shape index (κ2) is 20.0. The third-order valence-electron chi connectivity index (χ3n) is 6.23. The molecule has 1 aromatic carbocycles. The van der Waals surface area contributed by atoms with Gasteiger partial charge in [0.15, 0.2) is 0 Å². The number of rotatable bonds is 19. The minimum atomic E-state index is -0.977. The van der Waals surface area contributed by atoms with Gasteiger partial charge >= 0.3 is 12.0 Å². The van der Waals surface area contributed by atoms with Gasteiger partial charge in [0.25, 0.3) is 0 Å². The molecular formula is C29H45IN6O7S. The quantitative estimate of drug-likeness (QED) is 0.0370. The molecule has 6 amide bonds. The van der Waals surface area contributed by atoms with Crippen molar-refractivity contribution in [3.05, 3.63) is 29.8 Å². The van der Waals surface area contributed by atoms with Gasteiger partial charge in [0.05, 0.1) is 4.43 Å². The van der Waals surface area contributed by atoms with E-state index in [-0.39, 0.29) is 43.7 Å². The summed E-state index contributed by atoms with van der Waals surface area (Å²) in [6, 6.07) is 4.12. The van der Waals surface area contributed by atoms with Crippen LogP contribution in [0.2, 0.25) is 0 Å². The Morgan fingerprint density at radius 1 is 0.909 bits per heavy atom. The summed E-state index contributed by atoms with van der Waals surface area (Å²) in [5, 5.41) is 13.5. The van der Waals surface area contributed by atoms with Crippen LogP contribution in [0.5, 0.6) is 0 Å². The summed E-state index contributed by atoms with van der Waals surface area (Å²) in [5.41, 5.74) is 6.29. The number of halogens is 1. The fourth-order valence-electron chi connectivity index (χ4n) is 3.75. The predicted molar refractivity (Wildman–Crippen MR) is 179 cm³/mol. The number of esters is 1. The zero-order valence-corrected chi connectivity index (χ0v) is 28.7. The molecule has 13 nitrogen and oxygen atoms in total. The number of thiol groups is 1. The van der Waals surface area contributed by atoms with E-state index < -0.39 is 40.6 Å². The van der Waals surface area contributed by atoms with Crippen molar-refractivity contribution in [2.24, 2.45) is 11.7 Å². The molecule has 0 fully saturated rings. The van der Waals surface area contributed by atoms with E-state index >= 15 is 0 Å². The molecule has 0 aliphatic carbocycles. The maximum absolute atomic E-state index is 13.3. The summed E-state index contributed by atoms with van der Waals surface area (Å²) in [6.45, 7) is 7.54. The van der Waals surface area contributed by atoms with Gasteiger partial charge in [-0.15, -0.1) is 0 Å². The van der Waals surface area contributed by atoms with Gasteiger partial charge < -0.3 is 37.1 Å². The zero-order valence-electron chi connectivity index (χ0n) is 25.7. The molecule has 1 rings (SSSR count). The number of nitrogens with two attached hydrogens (primary N) is 1. The molecule has 0 aliphatic heterocycles. The van der Waals surface area contributed by atoms with Crippen LogP contribution in [0.25, 0.3) is 0 Å². The average Bonchev–Trinajstić information content (AvgIpc) is 2.95. The van der Waals surface area contributed by atoms with Crippen LogP contribution in [-0.2, 0) is 35.3 Å². The Kier molecular flexibility index (Phi) is 17.7. The number of alkyl halides is 1. The van der Waals surface area contributed by atoms with Crippen LogP contribution in [0.3, 0.4) is 0 Å². The maximum atomic E-state index is 13.3. The van der Waals surface area contributed by atoms with Crippen LogP contribution in [0, 0.1) is 5.92 Å². The van der Waals surface area contributed by atoms with Crippen LogP contribution in [0.4, 0.5) is 10.5 Å². The molecular weight excluding hydrogens is 703 g/mol. The second-order valence-electron chi connectivity index (χ2n) is 11.0. The normalized spacial score (nSPS) is 12.4. The van der Waals surface area contributed by atoms with Crippen molar-refractivity contribution >= 4 is 76.5 Å². The van der Waals surface area contributed by atoms with E-state index in [1.54, 1.807) is 52.0 Å². The van der Waals surface area contributed by atoms with Gasteiger partial charge in [-0.2, -0.15) is 12.6 Å². The zero-order chi connectivity index (χ0) is 33.3. The lowest BCUT2D eigenvalue weighted by atomic mass is 10.0. The Balaban J connectivity index is 2.83. The number of carbonyl (C=O) groups is 6. The average molecular weight is 749 g/mol. The minimum absolute atomic E-state index is 0.0417. The molecule has 0 heterocycles. The van der Waals surface area contributed by atoms with E-state index in [2.05, 4.69) is 39.2 Å². The van der Waals surface area contributed by atoms with E-state index in [9.17, 15) is 28.8 Å². The lowest BCUT2D eigenvalue weighted by Crippen LogP contribution is -2.54. The summed E-state index contributed by atoms with van der Waals surface area (Å²) in [4.78, 5) is 73.4. The molecule has 0 unspecified atom stereocenters. The highest BCUT2D eigenvalue weighted by Crippen LogP contribution is 2.17. The van der Waals surface area contributed by atoms with Crippen LogP contribution < -0.4 is 32.3 Å². The van der Waals surface area contributed by atoms with Crippen molar-refractivity contribution in [3.63, 3.8) is 0 Å². The predicted octanol–water partition coefficient (Wildman–Crippen LogP) is 2.17. The molecule has 15 heteroatoms. The van der Waals surface area contributed by atoms with E-state index in [0.29, 0.717) is 41.5 Å². The van der Waals surface area contributed by atoms with Crippen molar-refractivity contribution in [2.45, 2.75) is 83.2 Å². The van der Waals surface area contributed by atoms with Gasteiger partial charge in [-0.05, 0) is 63.1 Å². The third-order valence-corrected chi connectivity index (χ3v) is 7.11. The number of urea groups is 1. The van der Waals surface area contributed by atoms with E-state index in [0.717, 1.165) is 0 Å². The molecule has 1 aromatic rings. The molecule has 0 radical (unpaired) electrons. The van der Waals surface area contributed by atoms with Gasteiger partial charge in [-0.25, -0.2) is 4.79 Å². The monoisotopic (exact) mass is 748 g/mol. The smallest absolute Gasteiger partial charge is 0.321 e. The molecule has 0 spiro atoms. The fraction of sp³-hybridized carbons (Fsp3) is 0.586. The van der Waals surface area contributed by atoms with Crippen LogP contribution in [0.15, 0.2) is 24.3 Å². The number of benzene rings is 1. The molecule has 0 aromatic heterocycles. The highest BCUT2D eigenvalue weighted by molar-refractivity contribution is 14.1. The first kappa shape index (κ1) is 38.9. The Bertz CT molecular complexity index is 1130. The topological polar surface area (TPSA) is 198 Å². The number of amides is 6. The van der Waals surface area contributed by atoms with Gasteiger partial charge in [-0.3, -0.25) is 24.0 Å². The van der Waals surface area contributed by atoms with Gasteiger partial charge in [0.2, 0.25) is 23.6 Å². The summed E-state index contributed by atoms with van der Waals surface area (Å²) >= 11 is 6.16. The number of unbranched alkanes of at least 4 members (excludes halogenated alkanes) is 1. The number of ether oxygens (including phenoxy) is 1. The first-order chi connectivity index (χ1) is 20.6. The van der Waals surface area contributed by atoms with Crippen molar-refractivity contribution in [3.8, 4) is 0 Å². The number of hydrogen-bond acceptors (Lipinski definition) is 8. The molecule has 0 aliphatic rings. The fourth-order valence-corrected chi connectivity index (χ4v) is 4.09. The van der Waals surface area contributed by atoms with Crippen molar-refractivity contribution in [1.29, 1.82) is 0 Å². The van der Waals surface area contributed by atoms with Gasteiger partial charge in [0.1, 0.15) is 23.4 Å². The lowest BCUT2D eigenvalue weighted by Gasteiger charge is -2.25. The van der Waals surface area contributed by atoms with Gasteiger partial charge in [-0.1, -0.05) is 48.6 Å². The summed E-state index contributed by atoms with van der Waals surface area (Å²) in [6.07, 6.45) is 1.87. The summed E-state index contributed by atoms with van der Waals surface area (Å²) in [7, 11) is 0. The molecule has 7 N–H and O–H groups in total. The highest BCUT2D eigenvalue weighted by atomic mass is 127. The number of anilines is 1. The van der Waals surface area contributed by atoms with E-state index in [1.165, 1.54) is 0 Å². The standard InChI is InChI=1S/C29H45IN6O7S/c1-18(2)24(36-22(37)9-5-6-14-32-23(38)16-30)26(40)35-21(8-7-15-33-28(31)42)25(39)34-20-12-10-19(11-13-20)17-43-27(41)29(3,4)44/h10-13,18,21,24,44H,5-9,14-17H2,1-4H3,(H,32,38)(H,34,39)(H,35,40)(H,36,37)(H3,31,33,42)/t21-,24-/m1/s1. The molecule has 2 atom stereocenters. The van der Waals surface area contributed by atoms with Crippen LogP contribution in [-0.4, -0.2) is 70.0 Å². The van der Waals surface area contributed by atoms with Gasteiger partial charge in [0, 0.05) is 25.2 Å². The largest absolute Gasteiger partial charge is 0.460 e. The van der Waals surface area contributed by atoms with E-state index in [4.69, 9.17) is 10.5 Å². The molecule has 0 bridgehead atoms. The van der Waals surface area contributed by atoms with E-state index in [1.807, 2.05) is 22.6 Å². The lowest BCUT2D eigenvalue weighted by molar-refractivity contribution is -0.147. The minimum Gasteiger partial charge on any atom is -0.460 e. The van der Waals surface area contributed by atoms with Crippen molar-refractivity contribution < 1.29 is 33.5 Å². The first-order valence-electron chi connectivity index (χ1n) is 14.4. The molecule has 0 saturated carbocycles. The van der Waals surface area contributed by atoms with Crippen molar-refractivity contribution in [1.82, 2.24) is 21.3 Å². The number of carbonyl (C=O) groups excluding carboxylic acids is 6. The third kappa shape index (κ3) is 16.1. The Morgan fingerprint density at radius 2 is 1.55 bits per heavy atom. The highest BCUT2D eigenvalue weighted by Gasteiger charge is 2.29. The second-order valence-corrected chi connectivity index (χ2v) is 12.9. The first-order valence-corrected chi connectivity index (χ1v) is 16.4. The summed E-state index contributed by atoms with van der Waals surface area (Å²) < 4.78 is 4.69.